The van der Waals surface area contributed by atoms with E-state index in [0.717, 1.165) is 21.7 Å². The van der Waals surface area contributed by atoms with E-state index in [-0.39, 0.29) is 11.9 Å². The number of aryl methyl sites for hydroxylation is 2. The molecule has 0 spiro atoms. The first-order chi connectivity index (χ1) is 9.31. The van der Waals surface area contributed by atoms with E-state index in [2.05, 4.69) is 13.0 Å². The van der Waals surface area contributed by atoms with E-state index in [1.807, 2.05) is 38.7 Å². The van der Waals surface area contributed by atoms with Crippen molar-refractivity contribution in [3.63, 3.8) is 0 Å². The molecule has 0 saturated carbocycles. The molecule has 1 aromatic rings. The Balaban J connectivity index is 3.41. The normalized spacial score (nSPS) is 12.1. The number of benzene rings is 1. The van der Waals surface area contributed by atoms with E-state index in [4.69, 9.17) is 23.8 Å². The SMILES string of the molecule is CC(=S)C(C)N(C(=O)CCCl)c1c(C)ccc(C)c1C. The Bertz CT molecular complexity index is 527. The molecule has 110 valence electrons. The van der Waals surface area contributed by atoms with Crippen molar-refractivity contribution in [2.24, 2.45) is 0 Å². The van der Waals surface area contributed by atoms with Crippen LogP contribution < -0.4 is 4.90 Å². The summed E-state index contributed by atoms with van der Waals surface area (Å²) in [4.78, 5) is 15.1. The zero-order valence-corrected chi connectivity index (χ0v) is 14.4. The number of rotatable bonds is 5. The van der Waals surface area contributed by atoms with E-state index in [1.54, 1.807) is 0 Å². The van der Waals surface area contributed by atoms with Crippen molar-refractivity contribution in [3.8, 4) is 0 Å². The maximum Gasteiger partial charge on any atom is 0.228 e. The van der Waals surface area contributed by atoms with Gasteiger partial charge in [-0.25, -0.2) is 0 Å². The van der Waals surface area contributed by atoms with Crippen LogP contribution in [0.25, 0.3) is 0 Å². The third-order valence-corrected chi connectivity index (χ3v) is 4.23. The number of thiocarbonyl (C=S) groups is 1. The number of carbonyl (C=O) groups is 1. The second-order valence-corrected chi connectivity index (χ2v) is 6.18. The molecule has 0 radical (unpaired) electrons. The van der Waals surface area contributed by atoms with Crippen molar-refractivity contribution in [2.75, 3.05) is 10.8 Å². The number of hydrogen-bond acceptors (Lipinski definition) is 2. The molecular formula is C16H22ClNOS. The lowest BCUT2D eigenvalue weighted by Gasteiger charge is -2.32. The number of hydrogen-bond donors (Lipinski definition) is 0. The lowest BCUT2D eigenvalue weighted by Crippen LogP contribution is -2.43. The molecule has 1 aromatic carbocycles. The van der Waals surface area contributed by atoms with Crippen molar-refractivity contribution < 1.29 is 4.79 Å². The Labute approximate surface area is 132 Å². The Kier molecular flexibility index (Phi) is 6.15. The molecule has 2 nitrogen and oxygen atoms in total. The molecule has 1 rings (SSSR count). The third kappa shape index (κ3) is 3.58. The van der Waals surface area contributed by atoms with E-state index in [0.29, 0.717) is 12.3 Å². The van der Waals surface area contributed by atoms with Crippen molar-refractivity contribution in [2.45, 2.75) is 47.1 Å². The van der Waals surface area contributed by atoms with Gasteiger partial charge in [-0.2, -0.15) is 0 Å². The van der Waals surface area contributed by atoms with Crippen LogP contribution in [0.3, 0.4) is 0 Å². The maximum absolute atomic E-state index is 12.5. The molecule has 0 aliphatic carbocycles. The van der Waals surface area contributed by atoms with Crippen LogP contribution in [0.1, 0.15) is 37.0 Å². The molecule has 4 heteroatoms. The van der Waals surface area contributed by atoms with Gasteiger partial charge in [0.15, 0.2) is 0 Å². The molecule has 0 fully saturated rings. The van der Waals surface area contributed by atoms with E-state index in [1.165, 1.54) is 5.56 Å². The fraction of sp³-hybridized carbons (Fsp3) is 0.500. The highest BCUT2D eigenvalue weighted by Crippen LogP contribution is 2.30. The maximum atomic E-state index is 12.5. The van der Waals surface area contributed by atoms with Gasteiger partial charge in [-0.15, -0.1) is 11.6 Å². The topological polar surface area (TPSA) is 20.3 Å². The zero-order chi connectivity index (χ0) is 15.4. The number of halogens is 1. The van der Waals surface area contributed by atoms with Gasteiger partial charge < -0.3 is 4.90 Å². The lowest BCUT2D eigenvalue weighted by atomic mass is 10.0. The molecule has 0 bridgehead atoms. The summed E-state index contributed by atoms with van der Waals surface area (Å²) >= 11 is 11.0. The molecule has 0 N–H and O–H groups in total. The Morgan fingerprint density at radius 1 is 1.30 bits per heavy atom. The van der Waals surface area contributed by atoms with Crippen molar-refractivity contribution in [1.29, 1.82) is 0 Å². The summed E-state index contributed by atoms with van der Waals surface area (Å²) in [5.74, 6) is 0.344. The van der Waals surface area contributed by atoms with Crippen LogP contribution >= 0.6 is 23.8 Å². The van der Waals surface area contributed by atoms with Crippen LogP contribution in [0.4, 0.5) is 5.69 Å². The van der Waals surface area contributed by atoms with Crippen LogP contribution in [-0.2, 0) is 4.79 Å². The Morgan fingerprint density at radius 2 is 1.85 bits per heavy atom. The summed E-state index contributed by atoms with van der Waals surface area (Å²) in [6.45, 7) is 9.97. The smallest absolute Gasteiger partial charge is 0.228 e. The van der Waals surface area contributed by atoms with Crippen LogP contribution in [-0.4, -0.2) is 22.7 Å². The number of carbonyl (C=O) groups excluding carboxylic acids is 1. The molecular weight excluding hydrogens is 290 g/mol. The first-order valence-electron chi connectivity index (χ1n) is 6.76. The minimum atomic E-state index is -0.111. The predicted molar refractivity (Wildman–Crippen MR) is 91.2 cm³/mol. The van der Waals surface area contributed by atoms with Gasteiger partial charge in [0.05, 0.1) is 11.7 Å². The average molecular weight is 312 g/mol. The third-order valence-electron chi connectivity index (χ3n) is 3.70. The fourth-order valence-electron chi connectivity index (χ4n) is 2.22. The van der Waals surface area contributed by atoms with Gasteiger partial charge in [-0.05, 0) is 51.3 Å². The number of nitrogens with zero attached hydrogens (tertiary/aromatic N) is 1. The molecule has 0 saturated heterocycles. The van der Waals surface area contributed by atoms with Crippen molar-refractivity contribution in [3.05, 3.63) is 28.8 Å². The standard InChI is InChI=1S/C16H22ClNOS/c1-10-6-7-11(2)16(12(10)3)18(13(4)14(5)20)15(19)8-9-17/h6-7,13H,8-9H2,1-5H3. The fourth-order valence-corrected chi connectivity index (χ4v) is 2.49. The first-order valence-corrected chi connectivity index (χ1v) is 7.70. The number of amides is 1. The van der Waals surface area contributed by atoms with E-state index in [9.17, 15) is 4.79 Å². The van der Waals surface area contributed by atoms with Crippen LogP contribution in [0.15, 0.2) is 12.1 Å². The lowest BCUT2D eigenvalue weighted by molar-refractivity contribution is -0.118. The molecule has 1 atom stereocenters. The molecule has 1 unspecified atom stereocenters. The highest BCUT2D eigenvalue weighted by atomic mass is 35.5. The zero-order valence-electron chi connectivity index (χ0n) is 12.8. The number of alkyl halides is 1. The minimum absolute atomic E-state index is 0.0218. The van der Waals surface area contributed by atoms with E-state index >= 15 is 0 Å². The minimum Gasteiger partial charge on any atom is -0.304 e. The Morgan fingerprint density at radius 3 is 2.35 bits per heavy atom. The molecule has 0 heterocycles. The summed E-state index contributed by atoms with van der Waals surface area (Å²) in [5.41, 5.74) is 4.34. The second-order valence-electron chi connectivity index (χ2n) is 5.16. The first kappa shape index (κ1) is 17.1. The molecule has 0 aliphatic rings. The van der Waals surface area contributed by atoms with Gasteiger partial charge in [-0.3, -0.25) is 4.79 Å². The van der Waals surface area contributed by atoms with Crippen molar-refractivity contribution in [1.82, 2.24) is 0 Å². The molecule has 1 amide bonds. The van der Waals surface area contributed by atoms with E-state index < -0.39 is 0 Å². The highest BCUT2D eigenvalue weighted by Gasteiger charge is 2.25. The van der Waals surface area contributed by atoms with Gasteiger partial charge >= 0.3 is 0 Å². The monoisotopic (exact) mass is 311 g/mol. The van der Waals surface area contributed by atoms with Gasteiger partial charge in [0.25, 0.3) is 0 Å². The van der Waals surface area contributed by atoms with Crippen LogP contribution in [0, 0.1) is 20.8 Å². The summed E-state index contributed by atoms with van der Waals surface area (Å²) in [5, 5.41) is 0. The second kappa shape index (κ2) is 7.19. The van der Waals surface area contributed by atoms with Crippen molar-refractivity contribution >= 4 is 40.3 Å². The van der Waals surface area contributed by atoms with Gasteiger partial charge in [0.2, 0.25) is 5.91 Å². The summed E-state index contributed by atoms with van der Waals surface area (Å²) in [6, 6.07) is 4.01. The predicted octanol–water partition coefficient (Wildman–Crippen LogP) is 4.35. The molecule has 0 aromatic heterocycles. The van der Waals surface area contributed by atoms with Crippen LogP contribution in [0.5, 0.6) is 0 Å². The average Bonchev–Trinajstić information content (AvgIpc) is 2.38. The molecule has 0 aliphatic heterocycles. The van der Waals surface area contributed by atoms with Gasteiger partial charge in [0, 0.05) is 17.2 Å². The molecule has 20 heavy (non-hydrogen) atoms. The summed E-state index contributed by atoms with van der Waals surface area (Å²) in [7, 11) is 0. The Hall–Kier alpha value is -0.930. The highest BCUT2D eigenvalue weighted by molar-refractivity contribution is 7.80. The van der Waals surface area contributed by atoms with Gasteiger partial charge in [-0.1, -0.05) is 24.4 Å². The summed E-state index contributed by atoms with van der Waals surface area (Å²) in [6.07, 6.45) is 0.321. The quantitative estimate of drug-likeness (QED) is 0.595. The largest absolute Gasteiger partial charge is 0.304 e. The number of anilines is 1. The van der Waals surface area contributed by atoms with Gasteiger partial charge in [0.1, 0.15) is 0 Å². The summed E-state index contributed by atoms with van der Waals surface area (Å²) < 4.78 is 0. The van der Waals surface area contributed by atoms with Crippen LogP contribution in [0.2, 0.25) is 0 Å².